The maximum Gasteiger partial charge on any atom is 0.336 e. The summed E-state index contributed by atoms with van der Waals surface area (Å²) in [6.45, 7) is 0. The lowest BCUT2D eigenvalue weighted by atomic mass is 10.0. The average molecular weight is 211 g/mol. The van der Waals surface area contributed by atoms with Crippen molar-refractivity contribution in [3.05, 3.63) is 35.4 Å². The van der Waals surface area contributed by atoms with Crippen LogP contribution in [0.1, 0.15) is 29.4 Å². The van der Waals surface area contributed by atoms with E-state index in [0.717, 1.165) is 0 Å². The maximum atomic E-state index is 10.7. The molecule has 1 aromatic rings. The standard InChI is InChI=1S/C9H9NO4.CH4/c10-7(9(13)14)5-3-1-2-4-6(5)8(11)12;/h1-4,7H,10H2,(H,11,12)(H,13,14);1H4. The lowest BCUT2D eigenvalue weighted by molar-refractivity contribution is -0.138. The van der Waals surface area contributed by atoms with Crippen LogP contribution in [0.15, 0.2) is 24.3 Å². The second-order valence-electron chi connectivity index (χ2n) is 2.71. The third-order valence-electron chi connectivity index (χ3n) is 1.79. The van der Waals surface area contributed by atoms with Gasteiger partial charge < -0.3 is 15.9 Å². The second-order valence-corrected chi connectivity index (χ2v) is 2.71. The van der Waals surface area contributed by atoms with E-state index in [1.165, 1.54) is 18.2 Å². The molecule has 5 nitrogen and oxygen atoms in total. The maximum absolute atomic E-state index is 10.7. The third-order valence-corrected chi connectivity index (χ3v) is 1.79. The summed E-state index contributed by atoms with van der Waals surface area (Å²) in [6, 6.07) is 4.47. The molecular formula is C10H13NO4. The van der Waals surface area contributed by atoms with E-state index < -0.39 is 18.0 Å². The van der Waals surface area contributed by atoms with E-state index in [9.17, 15) is 9.59 Å². The summed E-state index contributed by atoms with van der Waals surface area (Å²) < 4.78 is 0. The Labute approximate surface area is 87.1 Å². The van der Waals surface area contributed by atoms with E-state index in [-0.39, 0.29) is 18.6 Å². The lowest BCUT2D eigenvalue weighted by Crippen LogP contribution is -2.23. The molecule has 1 rings (SSSR count). The zero-order valence-electron chi connectivity index (χ0n) is 7.18. The smallest absolute Gasteiger partial charge is 0.336 e. The second kappa shape index (κ2) is 5.11. The van der Waals surface area contributed by atoms with Gasteiger partial charge >= 0.3 is 11.9 Å². The third kappa shape index (κ3) is 2.78. The van der Waals surface area contributed by atoms with Crippen LogP contribution in [0.2, 0.25) is 0 Å². The van der Waals surface area contributed by atoms with Crippen molar-refractivity contribution in [2.75, 3.05) is 0 Å². The molecule has 1 unspecified atom stereocenters. The fourth-order valence-electron chi connectivity index (χ4n) is 1.10. The molecule has 0 aliphatic carbocycles. The van der Waals surface area contributed by atoms with Gasteiger partial charge in [0.15, 0.2) is 0 Å². The Bertz CT molecular complexity index is 375. The highest BCUT2D eigenvalue weighted by molar-refractivity contribution is 5.91. The molecule has 4 N–H and O–H groups in total. The van der Waals surface area contributed by atoms with Gasteiger partial charge in [-0.2, -0.15) is 0 Å². The van der Waals surface area contributed by atoms with Crippen molar-refractivity contribution in [3.8, 4) is 0 Å². The molecule has 0 saturated carbocycles. The highest BCUT2D eigenvalue weighted by Gasteiger charge is 2.20. The summed E-state index contributed by atoms with van der Waals surface area (Å²) in [6.07, 6.45) is 0. The number of carboxylic acid groups (broad SMARTS) is 2. The van der Waals surface area contributed by atoms with Gasteiger partial charge in [0.25, 0.3) is 0 Å². The van der Waals surface area contributed by atoms with Crippen LogP contribution in [0.5, 0.6) is 0 Å². The van der Waals surface area contributed by atoms with E-state index in [4.69, 9.17) is 15.9 Å². The van der Waals surface area contributed by atoms with Crippen LogP contribution in [0.25, 0.3) is 0 Å². The summed E-state index contributed by atoms with van der Waals surface area (Å²) in [5.74, 6) is -2.43. The van der Waals surface area contributed by atoms with Gasteiger partial charge in [-0.25, -0.2) is 4.79 Å². The van der Waals surface area contributed by atoms with Crippen molar-refractivity contribution < 1.29 is 19.8 Å². The molecule has 0 aromatic heterocycles. The molecule has 0 aliphatic rings. The largest absolute Gasteiger partial charge is 0.480 e. The van der Waals surface area contributed by atoms with Gasteiger partial charge in [0.1, 0.15) is 6.04 Å². The Kier molecular flexibility index (Phi) is 4.47. The van der Waals surface area contributed by atoms with Crippen LogP contribution in [0, 0.1) is 0 Å². The highest BCUT2D eigenvalue weighted by Crippen LogP contribution is 2.16. The summed E-state index contributed by atoms with van der Waals surface area (Å²) >= 11 is 0. The first-order valence-corrected chi connectivity index (χ1v) is 3.84. The Hall–Kier alpha value is -1.88. The molecule has 0 amide bonds. The molecule has 5 heteroatoms. The molecule has 0 saturated heterocycles. The van der Waals surface area contributed by atoms with Crippen LogP contribution in [0.4, 0.5) is 0 Å². The number of carboxylic acids is 2. The Balaban J connectivity index is 0.00000196. The molecule has 82 valence electrons. The SMILES string of the molecule is C.NC(C(=O)O)c1ccccc1C(=O)O. The minimum atomic E-state index is -1.30. The summed E-state index contributed by atoms with van der Waals surface area (Å²) in [5, 5.41) is 17.4. The molecule has 0 fully saturated rings. The topological polar surface area (TPSA) is 101 Å². The van der Waals surface area contributed by atoms with Crippen LogP contribution in [0.3, 0.4) is 0 Å². The van der Waals surface area contributed by atoms with Crippen LogP contribution in [-0.4, -0.2) is 22.2 Å². The number of hydrogen-bond acceptors (Lipinski definition) is 3. The number of rotatable bonds is 3. The van der Waals surface area contributed by atoms with Gasteiger partial charge in [-0.05, 0) is 11.6 Å². The minimum absolute atomic E-state index is 0. The van der Waals surface area contributed by atoms with Crippen LogP contribution >= 0.6 is 0 Å². The van der Waals surface area contributed by atoms with Crippen molar-refractivity contribution in [1.82, 2.24) is 0 Å². The van der Waals surface area contributed by atoms with Gasteiger partial charge in [0.05, 0.1) is 5.56 Å². The van der Waals surface area contributed by atoms with Gasteiger partial charge in [-0.15, -0.1) is 0 Å². The summed E-state index contributed by atoms with van der Waals surface area (Å²) in [5.41, 5.74) is 5.34. The lowest BCUT2D eigenvalue weighted by Gasteiger charge is -2.09. The molecule has 0 bridgehead atoms. The zero-order valence-corrected chi connectivity index (χ0v) is 7.18. The molecule has 0 radical (unpaired) electrons. The van der Waals surface area contributed by atoms with E-state index in [1.807, 2.05) is 0 Å². The molecule has 15 heavy (non-hydrogen) atoms. The normalized spacial score (nSPS) is 11.3. The molecule has 0 aliphatic heterocycles. The van der Waals surface area contributed by atoms with E-state index >= 15 is 0 Å². The zero-order chi connectivity index (χ0) is 10.7. The summed E-state index contributed by atoms with van der Waals surface area (Å²) in [4.78, 5) is 21.3. The van der Waals surface area contributed by atoms with Crippen molar-refractivity contribution in [1.29, 1.82) is 0 Å². The highest BCUT2D eigenvalue weighted by atomic mass is 16.4. The molecule has 1 aromatic carbocycles. The van der Waals surface area contributed by atoms with Gasteiger partial charge in [0, 0.05) is 0 Å². The van der Waals surface area contributed by atoms with Crippen molar-refractivity contribution in [3.63, 3.8) is 0 Å². The number of nitrogens with two attached hydrogens (primary N) is 1. The predicted molar refractivity (Wildman–Crippen MR) is 54.7 cm³/mol. The number of benzene rings is 1. The van der Waals surface area contributed by atoms with Gasteiger partial charge in [-0.3, -0.25) is 4.79 Å². The first kappa shape index (κ1) is 13.1. The molecule has 0 heterocycles. The number of aliphatic carboxylic acids is 1. The Morgan fingerprint density at radius 2 is 1.73 bits per heavy atom. The fourth-order valence-corrected chi connectivity index (χ4v) is 1.10. The molecule has 1 atom stereocenters. The molecular weight excluding hydrogens is 198 g/mol. The monoisotopic (exact) mass is 211 g/mol. The summed E-state index contributed by atoms with van der Waals surface area (Å²) in [7, 11) is 0. The van der Waals surface area contributed by atoms with E-state index in [1.54, 1.807) is 6.07 Å². The number of carbonyl (C=O) groups is 2. The van der Waals surface area contributed by atoms with Crippen LogP contribution < -0.4 is 5.73 Å². The van der Waals surface area contributed by atoms with E-state index in [2.05, 4.69) is 0 Å². The van der Waals surface area contributed by atoms with Crippen molar-refractivity contribution in [2.45, 2.75) is 13.5 Å². The average Bonchev–Trinajstić information content (AvgIpc) is 2.16. The van der Waals surface area contributed by atoms with Gasteiger partial charge in [0.2, 0.25) is 0 Å². The Morgan fingerprint density at radius 3 is 2.20 bits per heavy atom. The van der Waals surface area contributed by atoms with E-state index in [0.29, 0.717) is 0 Å². The quantitative estimate of drug-likeness (QED) is 0.695. The number of hydrogen-bond donors (Lipinski definition) is 3. The van der Waals surface area contributed by atoms with Crippen LogP contribution in [-0.2, 0) is 4.79 Å². The minimum Gasteiger partial charge on any atom is -0.480 e. The first-order valence-electron chi connectivity index (χ1n) is 3.84. The van der Waals surface area contributed by atoms with Crippen molar-refractivity contribution >= 4 is 11.9 Å². The molecule has 0 spiro atoms. The first-order chi connectivity index (χ1) is 6.54. The Morgan fingerprint density at radius 1 is 1.20 bits per heavy atom. The number of aromatic carboxylic acids is 1. The fraction of sp³-hybridized carbons (Fsp3) is 0.200. The van der Waals surface area contributed by atoms with Crippen molar-refractivity contribution in [2.24, 2.45) is 5.73 Å². The predicted octanol–water partition coefficient (Wildman–Crippen LogP) is 1.11. The van der Waals surface area contributed by atoms with Gasteiger partial charge in [-0.1, -0.05) is 25.6 Å².